The van der Waals surface area contributed by atoms with Gasteiger partial charge < -0.3 is 0 Å². The van der Waals surface area contributed by atoms with E-state index >= 15 is 0 Å². The molecule has 0 N–H and O–H groups in total. The van der Waals surface area contributed by atoms with Crippen molar-refractivity contribution in [2.75, 3.05) is 13.1 Å². The molecule has 0 aromatic heterocycles. The fraction of sp³-hybridized carbons (Fsp3) is 0.500. The third-order valence-corrected chi connectivity index (χ3v) is 0.551. The highest BCUT2D eigenvalue weighted by atomic mass is 14.8. The topological polar surface area (TPSA) is 24.7 Å². The zero-order chi connectivity index (χ0) is 5.11. The van der Waals surface area contributed by atoms with E-state index in [1.165, 1.54) is 0 Å². The Morgan fingerprint density at radius 3 is 2.67 bits per heavy atom. The van der Waals surface area contributed by atoms with Crippen LogP contribution in [0.4, 0.5) is 0 Å². The molecule has 0 saturated carbocycles. The molecule has 0 aliphatic carbocycles. The van der Waals surface area contributed by atoms with Gasteiger partial charge >= 0.3 is 0 Å². The highest BCUT2D eigenvalue weighted by molar-refractivity contribution is 6.16. The van der Waals surface area contributed by atoms with Gasteiger partial charge in [-0.15, -0.1) is 0 Å². The summed E-state index contributed by atoms with van der Waals surface area (Å²) in [5, 5.41) is 0. The van der Waals surface area contributed by atoms with Crippen LogP contribution in [0.25, 0.3) is 0 Å². The van der Waals surface area contributed by atoms with Gasteiger partial charge in [-0.05, 0) is 0 Å². The highest BCUT2D eigenvalue weighted by Gasteiger charge is 1.78. The van der Waals surface area contributed by atoms with Gasteiger partial charge in [0.2, 0.25) is 0 Å². The first-order valence-corrected chi connectivity index (χ1v) is 1.83. The molecule has 2 heteroatoms. The molecule has 0 spiro atoms. The summed E-state index contributed by atoms with van der Waals surface area (Å²) in [6, 6.07) is 0. The predicted octanol–water partition coefficient (Wildman–Crippen LogP) is 0.142. The van der Waals surface area contributed by atoms with Crippen LogP contribution in [-0.2, 0) is 0 Å². The molecule has 1 unspecified atom stereocenters. The van der Waals surface area contributed by atoms with Crippen LogP contribution in [0.1, 0.15) is 1.37 Å². The molecular weight excluding hydrogens is 76.1 g/mol. The number of rotatable bonds is 0. The molecule has 1 aliphatic rings. The Morgan fingerprint density at radius 1 is 1.50 bits per heavy atom. The van der Waals surface area contributed by atoms with Crippen LogP contribution in [0.3, 0.4) is 0 Å². The van der Waals surface area contributed by atoms with Crippen LogP contribution in [0.2, 0.25) is 0 Å². The molecule has 1 heterocycles. The van der Waals surface area contributed by atoms with Gasteiger partial charge in [-0.3, -0.25) is 9.98 Å². The van der Waals surface area contributed by atoms with Crippen molar-refractivity contribution in [1.82, 2.24) is 0 Å². The summed E-state index contributed by atoms with van der Waals surface area (Å²) in [4.78, 5) is 7.52. The van der Waals surface area contributed by atoms with E-state index in [1.807, 2.05) is 0 Å². The van der Waals surface area contributed by atoms with E-state index in [2.05, 4.69) is 9.98 Å². The van der Waals surface area contributed by atoms with E-state index in [9.17, 15) is 0 Å². The summed E-state index contributed by atoms with van der Waals surface area (Å²) in [6.07, 6.45) is 3.17. The zero-order valence-electron chi connectivity index (χ0n) is 4.33. The van der Waals surface area contributed by atoms with Crippen molar-refractivity contribution in [3.63, 3.8) is 0 Å². The third-order valence-electron chi connectivity index (χ3n) is 0.551. The average Bonchev–Trinajstić information content (AvgIpc) is 1.69. The van der Waals surface area contributed by atoms with Crippen molar-refractivity contribution >= 4 is 12.4 Å². The molecule has 0 saturated heterocycles. The Bertz CT molecular complexity index is 108. The van der Waals surface area contributed by atoms with E-state index in [0.717, 1.165) is 0 Å². The molecule has 0 aromatic rings. The summed E-state index contributed by atoms with van der Waals surface area (Å²) in [5.41, 5.74) is 0. The van der Waals surface area contributed by atoms with Gasteiger partial charge in [0, 0.05) is 12.4 Å². The summed E-state index contributed by atoms with van der Waals surface area (Å²) < 4.78 is 6.96. The lowest BCUT2D eigenvalue weighted by Crippen LogP contribution is -1.94. The summed E-state index contributed by atoms with van der Waals surface area (Å²) in [5.74, 6) is 0. The lowest BCUT2D eigenvalue weighted by atomic mass is 10.6. The molecule has 0 amide bonds. The van der Waals surface area contributed by atoms with Crippen LogP contribution in [0, 0.1) is 0 Å². The van der Waals surface area contributed by atoms with Gasteiger partial charge in [0.15, 0.2) is 0 Å². The molecule has 0 aromatic carbocycles. The van der Waals surface area contributed by atoms with Crippen LogP contribution >= 0.6 is 0 Å². The highest BCUT2D eigenvalue weighted by Crippen LogP contribution is 1.74. The zero-order valence-corrected chi connectivity index (χ0v) is 3.33. The van der Waals surface area contributed by atoms with Crippen LogP contribution in [-0.4, -0.2) is 25.5 Å². The second-order valence-corrected chi connectivity index (χ2v) is 0.995. The van der Waals surface area contributed by atoms with Gasteiger partial charge in [0.1, 0.15) is 0 Å². The van der Waals surface area contributed by atoms with Crippen molar-refractivity contribution in [2.45, 2.75) is 0 Å². The van der Waals surface area contributed by atoms with Gasteiger partial charge in [0.05, 0.1) is 14.4 Å². The van der Waals surface area contributed by atoms with E-state index in [1.54, 1.807) is 12.4 Å². The minimum absolute atomic E-state index is 0.343. The number of hydrogen-bond acceptors (Lipinski definition) is 2. The van der Waals surface area contributed by atoms with Gasteiger partial charge in [-0.2, -0.15) is 0 Å². The lowest BCUT2D eigenvalue weighted by molar-refractivity contribution is 0.977. The maximum absolute atomic E-state index is 6.96. The Kier molecular flexibility index (Phi) is 0.708. The van der Waals surface area contributed by atoms with Gasteiger partial charge in [-0.25, -0.2) is 0 Å². The van der Waals surface area contributed by atoms with E-state index in [4.69, 9.17) is 1.37 Å². The second kappa shape index (κ2) is 1.70. The quantitative estimate of drug-likeness (QED) is 0.398. The molecule has 0 radical (unpaired) electrons. The Morgan fingerprint density at radius 2 is 2.33 bits per heavy atom. The maximum Gasteiger partial charge on any atom is 0.0585 e. The number of hydrogen-bond donors (Lipinski definition) is 0. The minimum atomic E-state index is -0.343. The standard InChI is InChI=1S/C4H6N2/c1-2-6-4-3-5-1/h1-2H,3-4H2/i3D. The van der Waals surface area contributed by atoms with Gasteiger partial charge in [0.25, 0.3) is 0 Å². The van der Waals surface area contributed by atoms with Crippen molar-refractivity contribution in [3.8, 4) is 0 Å². The Labute approximate surface area is 38.0 Å². The normalized spacial score (nSPS) is 33.3. The number of nitrogens with zero attached hydrogens (tertiary/aromatic N) is 2. The molecule has 2 nitrogen and oxygen atoms in total. The number of aliphatic imine (C=N–C) groups is 2. The fourth-order valence-corrected chi connectivity index (χ4v) is 0.302. The first kappa shape index (κ1) is 2.50. The van der Waals surface area contributed by atoms with Crippen LogP contribution in [0.5, 0.6) is 0 Å². The van der Waals surface area contributed by atoms with E-state index in [0.29, 0.717) is 6.54 Å². The monoisotopic (exact) mass is 83.1 g/mol. The molecule has 1 atom stereocenters. The Balaban J connectivity index is 2.49. The molecule has 32 valence electrons. The SMILES string of the molecule is [2H]C1CN=CC=N1. The Hall–Kier alpha value is -0.660. The predicted molar refractivity (Wildman–Crippen MR) is 26.7 cm³/mol. The van der Waals surface area contributed by atoms with Crippen molar-refractivity contribution in [2.24, 2.45) is 9.98 Å². The second-order valence-electron chi connectivity index (χ2n) is 0.995. The molecule has 1 aliphatic heterocycles. The summed E-state index contributed by atoms with van der Waals surface area (Å²) in [7, 11) is 0. The smallest absolute Gasteiger partial charge is 0.0585 e. The molecule has 0 fully saturated rings. The van der Waals surface area contributed by atoms with Crippen molar-refractivity contribution in [1.29, 1.82) is 0 Å². The van der Waals surface area contributed by atoms with Crippen LogP contribution in [0.15, 0.2) is 9.98 Å². The lowest BCUT2D eigenvalue weighted by Gasteiger charge is -1.89. The summed E-state index contributed by atoms with van der Waals surface area (Å²) >= 11 is 0. The first-order valence-electron chi connectivity index (χ1n) is 2.41. The fourth-order valence-electron chi connectivity index (χ4n) is 0.302. The van der Waals surface area contributed by atoms with E-state index < -0.39 is 0 Å². The van der Waals surface area contributed by atoms with E-state index in [-0.39, 0.29) is 6.52 Å². The van der Waals surface area contributed by atoms with Gasteiger partial charge in [-0.1, -0.05) is 0 Å². The molecular formula is C4H6N2. The molecule has 1 rings (SSSR count). The average molecular weight is 83.1 g/mol. The maximum atomic E-state index is 6.96. The first-order chi connectivity index (χ1) is 3.39. The molecule has 6 heavy (non-hydrogen) atoms. The summed E-state index contributed by atoms with van der Waals surface area (Å²) in [6.45, 7) is 0.182. The van der Waals surface area contributed by atoms with Crippen molar-refractivity contribution in [3.05, 3.63) is 0 Å². The minimum Gasteiger partial charge on any atom is -0.290 e. The molecule has 0 bridgehead atoms. The van der Waals surface area contributed by atoms with Crippen molar-refractivity contribution < 1.29 is 1.37 Å². The largest absolute Gasteiger partial charge is 0.290 e. The van der Waals surface area contributed by atoms with Crippen LogP contribution < -0.4 is 0 Å². The third kappa shape index (κ3) is 0.641.